The number of fused-ring (bicyclic) bond motifs is 1. The van der Waals surface area contributed by atoms with E-state index in [1.165, 1.54) is 28.0 Å². The van der Waals surface area contributed by atoms with Crippen molar-refractivity contribution in [2.75, 3.05) is 6.54 Å². The van der Waals surface area contributed by atoms with Crippen LogP contribution in [0.25, 0.3) is 0 Å². The molecule has 0 spiro atoms. The molecule has 0 amide bonds. The number of benzene rings is 2. The van der Waals surface area contributed by atoms with E-state index >= 15 is 0 Å². The molecule has 1 heterocycles. The van der Waals surface area contributed by atoms with Crippen LogP contribution in [0, 0.1) is 6.92 Å². The molecule has 1 aliphatic rings. The fraction of sp³-hybridized carbons (Fsp3) is 0.235. The van der Waals surface area contributed by atoms with E-state index in [1.807, 2.05) is 0 Å². The highest BCUT2D eigenvalue weighted by atomic mass is 79.9. The molecule has 0 radical (unpaired) electrons. The van der Waals surface area contributed by atoms with Gasteiger partial charge in [0, 0.05) is 23.1 Å². The van der Waals surface area contributed by atoms with Crippen molar-refractivity contribution < 1.29 is 0 Å². The maximum absolute atomic E-state index is 4.72. The predicted molar refractivity (Wildman–Crippen MR) is 84.1 cm³/mol. The van der Waals surface area contributed by atoms with Gasteiger partial charge in [-0.1, -0.05) is 51.8 Å². The van der Waals surface area contributed by atoms with Crippen LogP contribution < -0.4 is 0 Å². The summed E-state index contributed by atoms with van der Waals surface area (Å²) in [5.74, 6) is 0. The molecule has 1 nitrogen and oxygen atoms in total. The van der Waals surface area contributed by atoms with E-state index in [0.29, 0.717) is 0 Å². The minimum atomic E-state index is 0.919. The monoisotopic (exact) mass is 313 g/mol. The lowest BCUT2D eigenvalue weighted by atomic mass is 9.92. The van der Waals surface area contributed by atoms with Crippen LogP contribution in [0.4, 0.5) is 0 Å². The lowest BCUT2D eigenvalue weighted by Crippen LogP contribution is -2.15. The van der Waals surface area contributed by atoms with Gasteiger partial charge in [-0.25, -0.2) is 0 Å². The first-order valence-corrected chi connectivity index (χ1v) is 7.39. The number of halogens is 1. The molecule has 0 aromatic heterocycles. The van der Waals surface area contributed by atoms with Gasteiger partial charge in [-0.2, -0.15) is 0 Å². The van der Waals surface area contributed by atoms with Crippen molar-refractivity contribution in [1.29, 1.82) is 0 Å². The third-order valence-corrected chi connectivity index (χ3v) is 4.07. The van der Waals surface area contributed by atoms with E-state index in [2.05, 4.69) is 65.3 Å². The van der Waals surface area contributed by atoms with Crippen molar-refractivity contribution in [2.24, 2.45) is 4.99 Å². The van der Waals surface area contributed by atoms with Crippen molar-refractivity contribution in [1.82, 2.24) is 0 Å². The molecule has 96 valence electrons. The Morgan fingerprint density at radius 2 is 1.89 bits per heavy atom. The number of aliphatic imine (C=N–C) groups is 1. The molecule has 3 rings (SSSR count). The maximum Gasteiger partial charge on any atom is 0.0467 e. The summed E-state index contributed by atoms with van der Waals surface area (Å²) in [5, 5.41) is 0. The smallest absolute Gasteiger partial charge is 0.0467 e. The number of rotatable bonds is 2. The second-order valence-corrected chi connectivity index (χ2v) is 5.96. The highest BCUT2D eigenvalue weighted by Crippen LogP contribution is 2.20. The molecule has 0 N–H and O–H groups in total. The normalized spacial score (nSPS) is 13.9. The molecule has 0 aliphatic carbocycles. The zero-order chi connectivity index (χ0) is 13.2. The zero-order valence-corrected chi connectivity index (χ0v) is 12.6. The van der Waals surface area contributed by atoms with Crippen LogP contribution in [0.2, 0.25) is 0 Å². The predicted octanol–water partition coefficient (Wildman–Crippen LogP) is 4.35. The Hall–Kier alpha value is -1.41. The van der Waals surface area contributed by atoms with E-state index in [9.17, 15) is 0 Å². The Bertz CT molecular complexity index is 626. The Morgan fingerprint density at radius 1 is 1.11 bits per heavy atom. The van der Waals surface area contributed by atoms with Crippen LogP contribution in [0.15, 0.2) is 51.9 Å². The topological polar surface area (TPSA) is 12.4 Å². The number of hydrogen-bond acceptors (Lipinski definition) is 1. The Morgan fingerprint density at radius 3 is 2.68 bits per heavy atom. The van der Waals surface area contributed by atoms with Crippen molar-refractivity contribution in [3.63, 3.8) is 0 Å². The fourth-order valence-corrected chi connectivity index (χ4v) is 2.82. The molecular formula is C17H16BrN. The minimum absolute atomic E-state index is 0.919. The summed E-state index contributed by atoms with van der Waals surface area (Å²) in [7, 11) is 0. The van der Waals surface area contributed by atoms with E-state index in [4.69, 9.17) is 4.99 Å². The third-order valence-electron chi connectivity index (χ3n) is 3.54. The minimum Gasteiger partial charge on any atom is -0.288 e. The number of nitrogens with zero attached hydrogens (tertiary/aromatic N) is 1. The van der Waals surface area contributed by atoms with Gasteiger partial charge in [0.25, 0.3) is 0 Å². The van der Waals surface area contributed by atoms with E-state index in [0.717, 1.165) is 23.9 Å². The highest BCUT2D eigenvalue weighted by molar-refractivity contribution is 9.10. The molecule has 0 fully saturated rings. The summed E-state index contributed by atoms with van der Waals surface area (Å²) in [6, 6.07) is 15.2. The lowest BCUT2D eigenvalue weighted by molar-refractivity contribution is 0.932. The molecule has 0 unspecified atom stereocenters. The molecular weight excluding hydrogens is 298 g/mol. The van der Waals surface area contributed by atoms with Crippen LogP contribution in [0.5, 0.6) is 0 Å². The summed E-state index contributed by atoms with van der Waals surface area (Å²) in [4.78, 5) is 4.72. The highest BCUT2D eigenvalue weighted by Gasteiger charge is 2.14. The van der Waals surface area contributed by atoms with Gasteiger partial charge in [-0.15, -0.1) is 0 Å². The standard InChI is InChI=1S/C17H16BrN/c1-12-2-7-16-14(10-12)8-9-19-17(16)11-13-3-5-15(18)6-4-13/h2-7,10H,8-9,11H2,1H3. The largest absolute Gasteiger partial charge is 0.288 e. The van der Waals surface area contributed by atoms with Crippen LogP contribution in [0.3, 0.4) is 0 Å². The van der Waals surface area contributed by atoms with Gasteiger partial charge in [-0.3, -0.25) is 4.99 Å². The quantitative estimate of drug-likeness (QED) is 0.782. The molecule has 1 aliphatic heterocycles. The van der Waals surface area contributed by atoms with E-state index < -0.39 is 0 Å². The average molecular weight is 314 g/mol. The summed E-state index contributed by atoms with van der Waals surface area (Å²) in [5.41, 5.74) is 6.66. The molecule has 0 saturated carbocycles. The van der Waals surface area contributed by atoms with E-state index in [-0.39, 0.29) is 0 Å². The Balaban J connectivity index is 1.90. The molecule has 0 bridgehead atoms. The molecule has 2 aromatic carbocycles. The molecule has 19 heavy (non-hydrogen) atoms. The van der Waals surface area contributed by atoms with Gasteiger partial charge in [0.15, 0.2) is 0 Å². The summed E-state index contributed by atoms with van der Waals surface area (Å²) in [6.45, 7) is 3.07. The Kier molecular flexibility index (Phi) is 3.52. The molecule has 2 heteroatoms. The van der Waals surface area contributed by atoms with Crippen molar-refractivity contribution >= 4 is 21.6 Å². The molecule has 2 aromatic rings. The van der Waals surface area contributed by atoms with Crippen LogP contribution in [-0.4, -0.2) is 12.3 Å². The summed E-state index contributed by atoms with van der Waals surface area (Å²) < 4.78 is 1.12. The fourth-order valence-electron chi connectivity index (χ4n) is 2.55. The Labute approximate surface area is 122 Å². The first kappa shape index (κ1) is 12.6. The summed E-state index contributed by atoms with van der Waals surface area (Å²) in [6.07, 6.45) is 1.99. The zero-order valence-electron chi connectivity index (χ0n) is 11.0. The lowest BCUT2D eigenvalue weighted by Gasteiger charge is -2.17. The SMILES string of the molecule is Cc1ccc2c(c1)CCN=C2Cc1ccc(Br)cc1. The van der Waals surface area contributed by atoms with Crippen LogP contribution >= 0.6 is 15.9 Å². The van der Waals surface area contributed by atoms with E-state index in [1.54, 1.807) is 0 Å². The second kappa shape index (κ2) is 5.30. The van der Waals surface area contributed by atoms with Crippen LogP contribution in [0.1, 0.15) is 22.3 Å². The average Bonchev–Trinajstić information content (AvgIpc) is 2.41. The van der Waals surface area contributed by atoms with Crippen LogP contribution in [-0.2, 0) is 12.8 Å². The van der Waals surface area contributed by atoms with Gasteiger partial charge < -0.3 is 0 Å². The number of aryl methyl sites for hydroxylation is 1. The first-order chi connectivity index (χ1) is 9.22. The first-order valence-electron chi connectivity index (χ1n) is 6.60. The van der Waals surface area contributed by atoms with Crippen molar-refractivity contribution in [3.8, 4) is 0 Å². The number of hydrogen-bond donors (Lipinski definition) is 0. The van der Waals surface area contributed by atoms with Gasteiger partial charge in [0.05, 0.1) is 0 Å². The van der Waals surface area contributed by atoms with Gasteiger partial charge in [0.2, 0.25) is 0 Å². The van der Waals surface area contributed by atoms with Crippen molar-refractivity contribution in [2.45, 2.75) is 19.8 Å². The van der Waals surface area contributed by atoms with Gasteiger partial charge >= 0.3 is 0 Å². The maximum atomic E-state index is 4.72. The molecule has 0 saturated heterocycles. The second-order valence-electron chi connectivity index (χ2n) is 5.04. The van der Waals surface area contributed by atoms with Crippen molar-refractivity contribution in [3.05, 3.63) is 69.2 Å². The van der Waals surface area contributed by atoms with Gasteiger partial charge in [-0.05, 0) is 42.2 Å². The van der Waals surface area contributed by atoms with Gasteiger partial charge in [0.1, 0.15) is 0 Å². The summed E-state index contributed by atoms with van der Waals surface area (Å²) >= 11 is 3.47. The third kappa shape index (κ3) is 2.79. The molecule has 0 atom stereocenters.